The van der Waals surface area contributed by atoms with Crippen LogP contribution in [0.1, 0.15) is 12.1 Å². The number of benzene rings is 1. The molecule has 1 fully saturated rings. The van der Waals surface area contributed by atoms with E-state index in [1.165, 1.54) is 0 Å². The van der Waals surface area contributed by atoms with E-state index in [4.69, 9.17) is 13.7 Å². The van der Waals surface area contributed by atoms with Crippen molar-refractivity contribution >= 4 is 17.5 Å². The van der Waals surface area contributed by atoms with Gasteiger partial charge in [-0.25, -0.2) is 0 Å². The molecule has 8 nitrogen and oxygen atoms in total. The first-order valence-corrected chi connectivity index (χ1v) is 8.85. The van der Waals surface area contributed by atoms with Gasteiger partial charge in [0.15, 0.2) is 5.76 Å². The lowest BCUT2D eigenvalue weighted by Gasteiger charge is -2.17. The van der Waals surface area contributed by atoms with Crippen molar-refractivity contribution in [2.24, 2.45) is 5.92 Å². The minimum Gasteiger partial charge on any atom is -0.497 e. The van der Waals surface area contributed by atoms with Crippen LogP contribution in [0.2, 0.25) is 0 Å². The normalized spacial score (nSPS) is 16.4. The van der Waals surface area contributed by atoms with Crippen LogP contribution in [0, 0.1) is 5.92 Å². The standard InChI is InChI=1S/C20H19N3O5/c1-26-16-6-4-15(5-7-16)23-12-13(9-19(23)24)20(25)21-11-14-10-18(28-22-14)17-3-2-8-27-17/h2-8,10,13H,9,11-12H2,1H3,(H,21,25). The first-order chi connectivity index (χ1) is 13.6. The van der Waals surface area contributed by atoms with Gasteiger partial charge in [-0.3, -0.25) is 9.59 Å². The highest BCUT2D eigenvalue weighted by Crippen LogP contribution is 2.27. The Morgan fingerprint density at radius 3 is 2.82 bits per heavy atom. The molecule has 1 N–H and O–H groups in total. The molecule has 3 aromatic rings. The molecule has 3 heterocycles. The molecule has 1 aliphatic rings. The number of amides is 2. The van der Waals surface area contributed by atoms with Gasteiger partial charge < -0.3 is 23.9 Å². The minimum atomic E-state index is -0.411. The van der Waals surface area contributed by atoms with Crippen LogP contribution < -0.4 is 15.0 Å². The molecule has 1 atom stereocenters. The highest BCUT2D eigenvalue weighted by atomic mass is 16.5. The second-order valence-electron chi connectivity index (χ2n) is 6.48. The lowest BCUT2D eigenvalue weighted by molar-refractivity contribution is -0.126. The summed E-state index contributed by atoms with van der Waals surface area (Å²) in [5.74, 6) is 1.11. The van der Waals surface area contributed by atoms with E-state index in [2.05, 4.69) is 10.5 Å². The number of carbonyl (C=O) groups excluding carboxylic acids is 2. The fourth-order valence-corrected chi connectivity index (χ4v) is 3.15. The second kappa shape index (κ2) is 7.59. The Hall–Kier alpha value is -3.55. The molecule has 0 spiro atoms. The van der Waals surface area contributed by atoms with E-state index >= 15 is 0 Å². The number of methoxy groups -OCH3 is 1. The number of ether oxygens (including phenoxy) is 1. The van der Waals surface area contributed by atoms with Gasteiger partial charge in [-0.05, 0) is 36.4 Å². The van der Waals surface area contributed by atoms with Crippen LogP contribution in [0.5, 0.6) is 5.75 Å². The van der Waals surface area contributed by atoms with Crippen molar-refractivity contribution in [3.8, 4) is 17.3 Å². The summed E-state index contributed by atoms with van der Waals surface area (Å²) in [5.41, 5.74) is 1.33. The molecule has 1 unspecified atom stereocenters. The van der Waals surface area contributed by atoms with E-state index in [-0.39, 0.29) is 24.8 Å². The van der Waals surface area contributed by atoms with Crippen LogP contribution >= 0.6 is 0 Å². The van der Waals surface area contributed by atoms with Crippen LogP contribution in [0.3, 0.4) is 0 Å². The maximum Gasteiger partial charge on any atom is 0.227 e. The van der Waals surface area contributed by atoms with Crippen LogP contribution in [0.4, 0.5) is 5.69 Å². The highest BCUT2D eigenvalue weighted by Gasteiger charge is 2.35. The Bertz CT molecular complexity index is 962. The van der Waals surface area contributed by atoms with Crippen LogP contribution in [-0.4, -0.2) is 30.6 Å². The van der Waals surface area contributed by atoms with E-state index < -0.39 is 5.92 Å². The fraction of sp³-hybridized carbons (Fsp3) is 0.250. The van der Waals surface area contributed by atoms with Crippen molar-refractivity contribution in [3.63, 3.8) is 0 Å². The summed E-state index contributed by atoms with van der Waals surface area (Å²) in [6.07, 6.45) is 1.72. The molecule has 2 amide bonds. The second-order valence-corrected chi connectivity index (χ2v) is 6.48. The predicted molar refractivity (Wildman–Crippen MR) is 99.5 cm³/mol. The van der Waals surface area contributed by atoms with Gasteiger partial charge in [0.05, 0.1) is 25.8 Å². The third-order valence-electron chi connectivity index (χ3n) is 4.65. The van der Waals surface area contributed by atoms with Gasteiger partial charge in [0.2, 0.25) is 17.6 Å². The third-order valence-corrected chi connectivity index (χ3v) is 4.65. The van der Waals surface area contributed by atoms with E-state index in [0.29, 0.717) is 29.5 Å². The molecule has 4 rings (SSSR count). The summed E-state index contributed by atoms with van der Waals surface area (Å²) < 4.78 is 15.6. The number of nitrogens with one attached hydrogen (secondary N) is 1. The number of carbonyl (C=O) groups is 2. The number of hydrogen-bond acceptors (Lipinski definition) is 6. The van der Waals surface area contributed by atoms with E-state index in [0.717, 1.165) is 5.69 Å². The first-order valence-electron chi connectivity index (χ1n) is 8.85. The Labute approximate surface area is 161 Å². The van der Waals surface area contributed by atoms with Crippen molar-refractivity contribution < 1.29 is 23.3 Å². The van der Waals surface area contributed by atoms with E-state index in [1.54, 1.807) is 48.6 Å². The number of hydrogen-bond donors (Lipinski definition) is 1. The SMILES string of the molecule is COc1ccc(N2CC(C(=O)NCc3cc(-c4ccco4)on3)CC2=O)cc1. The topological polar surface area (TPSA) is 97.8 Å². The molecule has 1 aromatic carbocycles. The minimum absolute atomic E-state index is 0.0770. The Morgan fingerprint density at radius 2 is 2.11 bits per heavy atom. The maximum absolute atomic E-state index is 12.5. The van der Waals surface area contributed by atoms with Gasteiger partial charge in [0, 0.05) is 24.7 Å². The summed E-state index contributed by atoms with van der Waals surface area (Å²) in [6.45, 7) is 0.559. The van der Waals surface area contributed by atoms with Crippen molar-refractivity contribution in [3.05, 3.63) is 54.4 Å². The monoisotopic (exact) mass is 381 g/mol. The predicted octanol–water partition coefficient (Wildman–Crippen LogP) is 2.61. The lowest BCUT2D eigenvalue weighted by atomic mass is 10.1. The lowest BCUT2D eigenvalue weighted by Crippen LogP contribution is -2.32. The molecule has 0 saturated carbocycles. The molecule has 2 aromatic heterocycles. The van der Waals surface area contributed by atoms with Gasteiger partial charge in [-0.15, -0.1) is 0 Å². The molecule has 8 heteroatoms. The summed E-state index contributed by atoms with van der Waals surface area (Å²) in [6, 6.07) is 12.4. The Morgan fingerprint density at radius 1 is 1.29 bits per heavy atom. The average Bonchev–Trinajstić information content (AvgIpc) is 3.46. The fourth-order valence-electron chi connectivity index (χ4n) is 3.15. The third kappa shape index (κ3) is 3.62. The zero-order chi connectivity index (χ0) is 19.5. The quantitative estimate of drug-likeness (QED) is 0.705. The van der Waals surface area contributed by atoms with Crippen LogP contribution in [0.15, 0.2) is 57.7 Å². The summed E-state index contributed by atoms with van der Waals surface area (Å²) in [4.78, 5) is 26.4. The molecule has 1 saturated heterocycles. The molecule has 0 bridgehead atoms. The van der Waals surface area contributed by atoms with Crippen LogP contribution in [-0.2, 0) is 16.1 Å². The molecular weight excluding hydrogens is 362 g/mol. The molecule has 0 aliphatic carbocycles. The van der Waals surface area contributed by atoms with E-state index in [9.17, 15) is 9.59 Å². The van der Waals surface area contributed by atoms with Crippen LogP contribution in [0.25, 0.3) is 11.5 Å². The first kappa shape index (κ1) is 17.8. The number of nitrogens with zero attached hydrogens (tertiary/aromatic N) is 2. The summed E-state index contributed by atoms with van der Waals surface area (Å²) in [7, 11) is 1.59. The Kier molecular flexibility index (Phi) is 4.84. The number of furan rings is 1. The molecule has 144 valence electrons. The summed E-state index contributed by atoms with van der Waals surface area (Å²) >= 11 is 0. The van der Waals surface area contributed by atoms with Gasteiger partial charge >= 0.3 is 0 Å². The maximum atomic E-state index is 12.5. The Balaban J connectivity index is 1.34. The summed E-state index contributed by atoms with van der Waals surface area (Å²) in [5, 5.41) is 6.75. The number of anilines is 1. The molecule has 0 radical (unpaired) electrons. The molecule has 1 aliphatic heterocycles. The van der Waals surface area contributed by atoms with Gasteiger partial charge in [0.1, 0.15) is 11.4 Å². The van der Waals surface area contributed by atoms with Crippen molar-refractivity contribution in [1.29, 1.82) is 0 Å². The largest absolute Gasteiger partial charge is 0.497 e. The zero-order valence-electron chi connectivity index (χ0n) is 15.3. The highest BCUT2D eigenvalue weighted by molar-refractivity contribution is 6.00. The number of aromatic nitrogens is 1. The molecular formula is C20H19N3O5. The van der Waals surface area contributed by atoms with Crippen molar-refractivity contribution in [1.82, 2.24) is 10.5 Å². The zero-order valence-corrected chi connectivity index (χ0v) is 15.3. The van der Waals surface area contributed by atoms with Gasteiger partial charge in [0.25, 0.3) is 0 Å². The van der Waals surface area contributed by atoms with E-state index in [1.807, 2.05) is 12.1 Å². The number of rotatable bonds is 6. The average molecular weight is 381 g/mol. The van der Waals surface area contributed by atoms with Crippen molar-refractivity contribution in [2.75, 3.05) is 18.6 Å². The van der Waals surface area contributed by atoms with Gasteiger partial charge in [-0.1, -0.05) is 5.16 Å². The van der Waals surface area contributed by atoms with Gasteiger partial charge in [-0.2, -0.15) is 0 Å². The smallest absolute Gasteiger partial charge is 0.227 e. The van der Waals surface area contributed by atoms with Crippen molar-refractivity contribution in [2.45, 2.75) is 13.0 Å². The molecule has 28 heavy (non-hydrogen) atoms.